The molecule has 0 aliphatic rings. The van der Waals surface area contributed by atoms with Crippen LogP contribution in [0.1, 0.15) is 0 Å². The molecule has 0 aliphatic carbocycles. The average Bonchev–Trinajstić information content (AvgIpc) is 1.87. The lowest BCUT2D eigenvalue weighted by Gasteiger charge is -2.13. The minimum Gasteiger partial charge on any atom is -0.392 e. The van der Waals surface area contributed by atoms with E-state index < -0.39 is 18.8 Å². The van der Waals surface area contributed by atoms with Crippen LogP contribution in [-0.4, -0.2) is 34.1 Å². The monoisotopic (exact) mass is 116 g/mol. The van der Waals surface area contributed by atoms with Gasteiger partial charge in [0.1, 0.15) is 0 Å². The summed E-state index contributed by atoms with van der Waals surface area (Å²) in [6.45, 7) is -1.22. The second-order valence-electron chi connectivity index (χ2n) is 1.49. The topological polar surface area (TPSA) is 60.7 Å². The standard InChI is InChI=1S/C5H8O3/c1-2-5(8,3-6)4-7/h1,6-8H,3-4H2. The maximum absolute atomic E-state index is 8.70. The Morgan fingerprint density at radius 3 is 1.75 bits per heavy atom. The van der Waals surface area contributed by atoms with Crippen LogP contribution in [-0.2, 0) is 0 Å². The van der Waals surface area contributed by atoms with Crippen LogP contribution in [0.25, 0.3) is 0 Å². The second kappa shape index (κ2) is 2.68. The maximum atomic E-state index is 8.70. The van der Waals surface area contributed by atoms with E-state index in [1.807, 2.05) is 5.92 Å². The lowest BCUT2D eigenvalue weighted by atomic mass is 10.1. The first-order valence-corrected chi connectivity index (χ1v) is 2.10. The quantitative estimate of drug-likeness (QED) is 0.378. The zero-order valence-electron chi connectivity index (χ0n) is 4.33. The Labute approximate surface area is 47.6 Å². The van der Waals surface area contributed by atoms with Crippen molar-refractivity contribution >= 4 is 0 Å². The van der Waals surface area contributed by atoms with Crippen LogP contribution in [0, 0.1) is 12.3 Å². The summed E-state index contributed by atoms with van der Waals surface area (Å²) in [4.78, 5) is 0. The second-order valence-corrected chi connectivity index (χ2v) is 1.49. The minimum atomic E-state index is -1.74. The molecule has 0 atom stereocenters. The summed E-state index contributed by atoms with van der Waals surface area (Å²) < 4.78 is 0. The Bertz CT molecular complexity index is 98.7. The lowest BCUT2D eigenvalue weighted by Crippen LogP contribution is -2.35. The van der Waals surface area contributed by atoms with E-state index in [0.717, 1.165) is 0 Å². The van der Waals surface area contributed by atoms with Crippen LogP contribution in [0.5, 0.6) is 0 Å². The number of hydrogen-bond acceptors (Lipinski definition) is 3. The van der Waals surface area contributed by atoms with Crippen molar-refractivity contribution in [3.8, 4) is 12.3 Å². The zero-order chi connectivity index (χ0) is 6.62. The molecule has 3 nitrogen and oxygen atoms in total. The van der Waals surface area contributed by atoms with Crippen molar-refractivity contribution in [2.75, 3.05) is 13.2 Å². The van der Waals surface area contributed by atoms with E-state index in [9.17, 15) is 0 Å². The van der Waals surface area contributed by atoms with Gasteiger partial charge in [0, 0.05) is 0 Å². The van der Waals surface area contributed by atoms with Crippen LogP contribution in [0.4, 0.5) is 0 Å². The highest BCUT2D eigenvalue weighted by Gasteiger charge is 2.20. The van der Waals surface area contributed by atoms with Crippen LogP contribution in [0.15, 0.2) is 0 Å². The molecule has 0 fully saturated rings. The fourth-order valence-electron chi connectivity index (χ4n) is 0.141. The van der Waals surface area contributed by atoms with Crippen molar-refractivity contribution in [2.45, 2.75) is 5.60 Å². The molecule has 3 heteroatoms. The highest BCUT2D eigenvalue weighted by molar-refractivity contribution is 5.06. The van der Waals surface area contributed by atoms with Gasteiger partial charge in [-0.3, -0.25) is 0 Å². The molecular weight excluding hydrogens is 108 g/mol. The van der Waals surface area contributed by atoms with Gasteiger partial charge >= 0.3 is 0 Å². The third kappa shape index (κ3) is 1.51. The van der Waals surface area contributed by atoms with Gasteiger partial charge in [-0.2, -0.15) is 0 Å². The van der Waals surface area contributed by atoms with E-state index in [0.29, 0.717) is 0 Å². The molecular formula is C5H8O3. The van der Waals surface area contributed by atoms with Crippen LogP contribution >= 0.6 is 0 Å². The Morgan fingerprint density at radius 2 is 1.75 bits per heavy atom. The van der Waals surface area contributed by atoms with Crippen molar-refractivity contribution < 1.29 is 15.3 Å². The van der Waals surface area contributed by atoms with Gasteiger partial charge in [-0.15, -0.1) is 6.42 Å². The number of hydrogen-bond donors (Lipinski definition) is 3. The van der Waals surface area contributed by atoms with Gasteiger partial charge in [0.25, 0.3) is 0 Å². The summed E-state index contributed by atoms with van der Waals surface area (Å²) in [7, 11) is 0. The van der Waals surface area contributed by atoms with E-state index in [-0.39, 0.29) is 0 Å². The Hall–Kier alpha value is -0.560. The summed E-state index contributed by atoms with van der Waals surface area (Å²) in [5.74, 6) is 1.83. The van der Waals surface area contributed by atoms with Gasteiger partial charge in [-0.25, -0.2) is 0 Å². The van der Waals surface area contributed by atoms with E-state index in [1.165, 1.54) is 0 Å². The molecule has 0 amide bonds. The first-order valence-electron chi connectivity index (χ1n) is 2.10. The molecule has 0 saturated carbocycles. The van der Waals surface area contributed by atoms with Crippen molar-refractivity contribution in [2.24, 2.45) is 0 Å². The minimum absolute atomic E-state index is 0.611. The summed E-state index contributed by atoms with van der Waals surface area (Å²) in [6.07, 6.45) is 4.71. The van der Waals surface area contributed by atoms with Crippen molar-refractivity contribution in [3.63, 3.8) is 0 Å². The Morgan fingerprint density at radius 1 is 1.38 bits per heavy atom. The third-order valence-electron chi connectivity index (χ3n) is 0.792. The van der Waals surface area contributed by atoms with Crippen molar-refractivity contribution in [3.05, 3.63) is 0 Å². The molecule has 0 aromatic heterocycles. The Kier molecular flexibility index (Phi) is 2.49. The number of aliphatic hydroxyl groups is 3. The first kappa shape index (κ1) is 7.44. The highest BCUT2D eigenvalue weighted by atomic mass is 16.4. The molecule has 0 heterocycles. The summed E-state index contributed by atoms with van der Waals surface area (Å²) in [6, 6.07) is 0. The zero-order valence-corrected chi connectivity index (χ0v) is 4.33. The van der Waals surface area contributed by atoms with E-state index in [1.54, 1.807) is 0 Å². The summed E-state index contributed by atoms with van der Waals surface area (Å²) in [5, 5.41) is 25.2. The smallest absolute Gasteiger partial charge is 0.171 e. The number of terminal acetylenes is 1. The maximum Gasteiger partial charge on any atom is 0.171 e. The van der Waals surface area contributed by atoms with Crippen molar-refractivity contribution in [1.82, 2.24) is 0 Å². The molecule has 0 bridgehead atoms. The normalized spacial score (nSPS) is 10.8. The fourth-order valence-corrected chi connectivity index (χ4v) is 0.141. The highest BCUT2D eigenvalue weighted by Crippen LogP contribution is 1.96. The predicted molar refractivity (Wildman–Crippen MR) is 28.0 cm³/mol. The molecule has 46 valence electrons. The molecule has 0 aromatic carbocycles. The molecule has 8 heavy (non-hydrogen) atoms. The van der Waals surface area contributed by atoms with Crippen molar-refractivity contribution in [1.29, 1.82) is 0 Å². The van der Waals surface area contributed by atoms with Crippen LogP contribution in [0.3, 0.4) is 0 Å². The predicted octanol–water partition coefficient (Wildman–Crippen LogP) is -1.66. The van der Waals surface area contributed by atoms with Gasteiger partial charge in [0.2, 0.25) is 0 Å². The van der Waals surface area contributed by atoms with Gasteiger partial charge in [0.05, 0.1) is 13.2 Å². The van der Waals surface area contributed by atoms with Crippen LogP contribution in [0.2, 0.25) is 0 Å². The lowest BCUT2D eigenvalue weighted by molar-refractivity contribution is -0.00926. The molecule has 0 spiro atoms. The van der Waals surface area contributed by atoms with E-state index >= 15 is 0 Å². The fraction of sp³-hybridized carbons (Fsp3) is 0.600. The van der Waals surface area contributed by atoms with Gasteiger partial charge in [-0.05, 0) is 0 Å². The number of aliphatic hydroxyl groups excluding tert-OH is 2. The number of rotatable bonds is 2. The van der Waals surface area contributed by atoms with E-state index in [4.69, 9.17) is 21.7 Å². The van der Waals surface area contributed by atoms with Gasteiger partial charge < -0.3 is 15.3 Å². The first-order chi connectivity index (χ1) is 3.68. The average molecular weight is 116 g/mol. The molecule has 3 N–H and O–H groups in total. The summed E-state index contributed by atoms with van der Waals surface area (Å²) in [5.41, 5.74) is -1.74. The Balaban J connectivity index is 3.83. The molecule has 0 aromatic rings. The third-order valence-corrected chi connectivity index (χ3v) is 0.792. The van der Waals surface area contributed by atoms with Gasteiger partial charge in [-0.1, -0.05) is 5.92 Å². The summed E-state index contributed by atoms with van der Waals surface area (Å²) >= 11 is 0. The molecule has 0 saturated heterocycles. The van der Waals surface area contributed by atoms with Gasteiger partial charge in [0.15, 0.2) is 5.60 Å². The van der Waals surface area contributed by atoms with Crippen LogP contribution < -0.4 is 0 Å². The molecule has 0 rings (SSSR count). The molecule has 0 unspecified atom stereocenters. The van der Waals surface area contributed by atoms with E-state index in [2.05, 4.69) is 0 Å². The molecule has 0 radical (unpaired) electrons. The SMILES string of the molecule is C#CC(O)(CO)CO. The molecule has 0 aliphatic heterocycles. The largest absolute Gasteiger partial charge is 0.392 e.